The van der Waals surface area contributed by atoms with Gasteiger partial charge >= 0.3 is 0 Å². The molecule has 1 saturated heterocycles. The lowest BCUT2D eigenvalue weighted by molar-refractivity contribution is 0.414. The lowest BCUT2D eigenvalue weighted by Gasteiger charge is -2.24. The van der Waals surface area contributed by atoms with Gasteiger partial charge in [-0.25, -0.2) is 0 Å². The minimum Gasteiger partial charge on any atom is -0.383 e. The van der Waals surface area contributed by atoms with Crippen molar-refractivity contribution in [2.75, 3.05) is 18.4 Å². The summed E-state index contributed by atoms with van der Waals surface area (Å²) in [5, 5.41) is 7.01. The van der Waals surface area contributed by atoms with Gasteiger partial charge in [-0.1, -0.05) is 6.42 Å². The van der Waals surface area contributed by atoms with Gasteiger partial charge in [-0.3, -0.25) is 4.98 Å². The first kappa shape index (κ1) is 10.4. The van der Waals surface area contributed by atoms with E-state index in [2.05, 4.69) is 22.5 Å². The number of aromatic nitrogens is 1. The van der Waals surface area contributed by atoms with Gasteiger partial charge in [0.1, 0.15) is 0 Å². The predicted molar refractivity (Wildman–Crippen MR) is 63.1 cm³/mol. The molecule has 0 radical (unpaired) electrons. The predicted octanol–water partition coefficient (Wildman–Crippen LogP) is 1.94. The van der Waals surface area contributed by atoms with E-state index < -0.39 is 0 Å². The zero-order valence-corrected chi connectivity index (χ0v) is 9.29. The van der Waals surface area contributed by atoms with Crippen LogP contribution in [0.3, 0.4) is 0 Å². The highest BCUT2D eigenvalue weighted by Crippen LogP contribution is 2.13. The second kappa shape index (κ2) is 5.12. The highest BCUT2D eigenvalue weighted by Gasteiger charge is 2.11. The fraction of sp³-hybridized carbons (Fsp3) is 0.583. The Bertz CT molecular complexity index is 305. The Labute approximate surface area is 91.3 Å². The Kier molecular flexibility index (Phi) is 3.56. The summed E-state index contributed by atoms with van der Waals surface area (Å²) in [7, 11) is 0. The van der Waals surface area contributed by atoms with E-state index in [4.69, 9.17) is 0 Å². The topological polar surface area (TPSA) is 37.0 Å². The molecule has 1 aliphatic rings. The van der Waals surface area contributed by atoms with Gasteiger partial charge in [0, 0.05) is 30.7 Å². The van der Waals surface area contributed by atoms with Crippen LogP contribution in [0.2, 0.25) is 0 Å². The van der Waals surface area contributed by atoms with Gasteiger partial charge in [0.05, 0.1) is 0 Å². The van der Waals surface area contributed by atoms with Crippen LogP contribution in [0.1, 0.15) is 24.8 Å². The normalized spacial score (nSPS) is 21.3. The van der Waals surface area contributed by atoms with Gasteiger partial charge in [-0.15, -0.1) is 0 Å². The van der Waals surface area contributed by atoms with Crippen LogP contribution in [0.25, 0.3) is 0 Å². The molecule has 1 fully saturated rings. The Morgan fingerprint density at radius 3 is 3.20 bits per heavy atom. The smallest absolute Gasteiger partial charge is 0.0401 e. The number of nitrogens with zero attached hydrogens (tertiary/aromatic N) is 1. The molecular formula is C12H19N3. The molecule has 0 saturated carbocycles. The van der Waals surface area contributed by atoms with Crippen LogP contribution in [-0.4, -0.2) is 24.1 Å². The molecule has 0 spiro atoms. The first-order chi connectivity index (χ1) is 7.36. The third-order valence-electron chi connectivity index (χ3n) is 2.97. The Hall–Kier alpha value is -1.09. The number of aryl methyl sites for hydroxylation is 1. The van der Waals surface area contributed by atoms with Crippen LogP contribution >= 0.6 is 0 Å². The van der Waals surface area contributed by atoms with Crippen molar-refractivity contribution in [2.24, 2.45) is 0 Å². The van der Waals surface area contributed by atoms with Crippen molar-refractivity contribution >= 4 is 5.69 Å². The van der Waals surface area contributed by atoms with Crippen molar-refractivity contribution in [1.82, 2.24) is 10.3 Å². The average Bonchev–Trinajstić information content (AvgIpc) is 2.29. The molecule has 1 atom stereocenters. The van der Waals surface area contributed by atoms with Crippen LogP contribution < -0.4 is 10.6 Å². The summed E-state index contributed by atoms with van der Waals surface area (Å²) < 4.78 is 0. The van der Waals surface area contributed by atoms with Crippen LogP contribution in [0.4, 0.5) is 5.69 Å². The summed E-state index contributed by atoms with van der Waals surface area (Å²) in [6.45, 7) is 4.27. The zero-order valence-electron chi connectivity index (χ0n) is 9.29. The fourth-order valence-electron chi connectivity index (χ4n) is 2.00. The molecule has 1 aromatic rings. The Morgan fingerprint density at radius 2 is 2.47 bits per heavy atom. The molecule has 0 aliphatic carbocycles. The summed E-state index contributed by atoms with van der Waals surface area (Å²) in [6.07, 6.45) is 7.71. The molecule has 3 heteroatoms. The minimum absolute atomic E-state index is 0.631. The van der Waals surface area contributed by atoms with Crippen molar-refractivity contribution in [3.8, 4) is 0 Å². The quantitative estimate of drug-likeness (QED) is 0.792. The second-order valence-electron chi connectivity index (χ2n) is 4.22. The molecule has 82 valence electrons. The second-order valence-corrected chi connectivity index (χ2v) is 4.22. The molecular weight excluding hydrogens is 186 g/mol. The number of nitrogens with one attached hydrogen (secondary N) is 2. The van der Waals surface area contributed by atoms with Gasteiger partial charge in [-0.2, -0.15) is 0 Å². The molecule has 15 heavy (non-hydrogen) atoms. The highest BCUT2D eigenvalue weighted by atomic mass is 15.0. The molecule has 1 aromatic heterocycles. The number of piperidine rings is 1. The third kappa shape index (κ3) is 2.93. The molecule has 2 rings (SSSR count). The molecule has 1 aliphatic heterocycles. The maximum atomic E-state index is 4.08. The van der Waals surface area contributed by atoms with E-state index >= 15 is 0 Å². The third-order valence-corrected chi connectivity index (χ3v) is 2.97. The Morgan fingerprint density at radius 1 is 1.53 bits per heavy atom. The van der Waals surface area contributed by atoms with E-state index in [1.165, 1.54) is 37.1 Å². The van der Waals surface area contributed by atoms with Crippen molar-refractivity contribution in [2.45, 2.75) is 32.2 Å². The van der Waals surface area contributed by atoms with E-state index in [1.807, 2.05) is 18.5 Å². The minimum atomic E-state index is 0.631. The van der Waals surface area contributed by atoms with E-state index in [0.717, 1.165) is 6.54 Å². The highest BCUT2D eigenvalue weighted by molar-refractivity contribution is 5.48. The van der Waals surface area contributed by atoms with Crippen molar-refractivity contribution in [1.29, 1.82) is 0 Å². The number of rotatable bonds is 3. The van der Waals surface area contributed by atoms with Gasteiger partial charge < -0.3 is 10.6 Å². The average molecular weight is 205 g/mol. The van der Waals surface area contributed by atoms with Crippen molar-refractivity contribution < 1.29 is 0 Å². The van der Waals surface area contributed by atoms with E-state index in [1.54, 1.807) is 0 Å². The summed E-state index contributed by atoms with van der Waals surface area (Å²) in [5.41, 5.74) is 2.42. The SMILES string of the molecule is Cc1cnccc1NCC1CCCCN1. The molecule has 0 aromatic carbocycles. The maximum absolute atomic E-state index is 4.08. The van der Waals surface area contributed by atoms with E-state index in [9.17, 15) is 0 Å². The largest absolute Gasteiger partial charge is 0.383 e. The van der Waals surface area contributed by atoms with E-state index in [0.29, 0.717) is 6.04 Å². The number of pyridine rings is 1. The van der Waals surface area contributed by atoms with Crippen LogP contribution in [0.5, 0.6) is 0 Å². The zero-order chi connectivity index (χ0) is 10.5. The van der Waals surface area contributed by atoms with Crippen LogP contribution in [-0.2, 0) is 0 Å². The van der Waals surface area contributed by atoms with Gasteiger partial charge in [0.25, 0.3) is 0 Å². The summed E-state index contributed by atoms with van der Waals surface area (Å²) >= 11 is 0. The number of hydrogen-bond acceptors (Lipinski definition) is 3. The van der Waals surface area contributed by atoms with Crippen LogP contribution in [0.15, 0.2) is 18.5 Å². The maximum Gasteiger partial charge on any atom is 0.0401 e. The molecule has 2 heterocycles. The standard InChI is InChI=1S/C12H19N3/c1-10-8-13-7-5-12(10)15-9-11-4-2-3-6-14-11/h5,7-8,11,14H,2-4,6,9H2,1H3,(H,13,15). The molecule has 0 bridgehead atoms. The Balaban J connectivity index is 1.84. The van der Waals surface area contributed by atoms with Crippen molar-refractivity contribution in [3.05, 3.63) is 24.0 Å². The van der Waals surface area contributed by atoms with Gasteiger partial charge in [-0.05, 0) is 37.9 Å². The van der Waals surface area contributed by atoms with Crippen LogP contribution in [0, 0.1) is 6.92 Å². The van der Waals surface area contributed by atoms with Gasteiger partial charge in [0.15, 0.2) is 0 Å². The fourth-order valence-corrected chi connectivity index (χ4v) is 2.00. The lowest BCUT2D eigenvalue weighted by Crippen LogP contribution is -2.39. The molecule has 2 N–H and O–H groups in total. The van der Waals surface area contributed by atoms with E-state index in [-0.39, 0.29) is 0 Å². The first-order valence-electron chi connectivity index (χ1n) is 5.74. The summed E-state index contributed by atoms with van der Waals surface area (Å²) in [6, 6.07) is 2.67. The molecule has 0 amide bonds. The summed E-state index contributed by atoms with van der Waals surface area (Å²) in [5.74, 6) is 0. The molecule has 1 unspecified atom stereocenters. The monoisotopic (exact) mass is 205 g/mol. The first-order valence-corrected chi connectivity index (χ1v) is 5.74. The summed E-state index contributed by atoms with van der Waals surface area (Å²) in [4.78, 5) is 4.08. The number of hydrogen-bond donors (Lipinski definition) is 2. The molecule has 3 nitrogen and oxygen atoms in total. The van der Waals surface area contributed by atoms with Gasteiger partial charge in [0.2, 0.25) is 0 Å². The number of anilines is 1. The lowest BCUT2D eigenvalue weighted by atomic mass is 10.1. The van der Waals surface area contributed by atoms with Crippen molar-refractivity contribution in [3.63, 3.8) is 0 Å².